The molecule has 0 spiro atoms. The van der Waals surface area contributed by atoms with Gasteiger partial charge in [0.25, 0.3) is 0 Å². The minimum Gasteiger partial charge on any atom is -0.313 e. The molecule has 4 heteroatoms. The zero-order valence-corrected chi connectivity index (χ0v) is 14.3. The van der Waals surface area contributed by atoms with E-state index >= 15 is 0 Å². The van der Waals surface area contributed by atoms with E-state index in [1.54, 1.807) is 6.07 Å². The van der Waals surface area contributed by atoms with Crippen LogP contribution in [0.4, 0.5) is 4.39 Å². The summed E-state index contributed by atoms with van der Waals surface area (Å²) in [5.74, 6) is 0.796. The van der Waals surface area contributed by atoms with Crippen LogP contribution in [0.2, 0.25) is 5.02 Å². The fraction of sp³-hybridized carbons (Fsp3) is 0.647. The topological polar surface area (TPSA) is 12.0 Å². The van der Waals surface area contributed by atoms with Gasteiger partial charge in [-0.25, -0.2) is 4.39 Å². The second-order valence-corrected chi connectivity index (χ2v) is 7.55. The molecule has 0 saturated heterocycles. The molecule has 0 aliphatic heterocycles. The van der Waals surface area contributed by atoms with Crippen molar-refractivity contribution in [3.8, 4) is 0 Å². The zero-order valence-electron chi connectivity index (χ0n) is 12.7. The van der Waals surface area contributed by atoms with Crippen molar-refractivity contribution < 1.29 is 4.39 Å². The van der Waals surface area contributed by atoms with Crippen LogP contribution in [-0.4, -0.2) is 23.6 Å². The Balaban J connectivity index is 1.92. The average molecular weight is 330 g/mol. The van der Waals surface area contributed by atoms with E-state index in [1.165, 1.54) is 25.7 Å². The van der Waals surface area contributed by atoms with Gasteiger partial charge in [-0.05, 0) is 43.9 Å². The van der Waals surface area contributed by atoms with Gasteiger partial charge in [-0.1, -0.05) is 43.5 Å². The average Bonchev–Trinajstić information content (AvgIpc) is 2.99. The molecule has 1 nitrogen and oxygen atoms in total. The number of hydrogen-bond acceptors (Lipinski definition) is 2. The molecule has 0 radical (unpaired) electrons. The molecule has 1 saturated carbocycles. The third kappa shape index (κ3) is 5.46. The zero-order chi connectivity index (χ0) is 15.1. The van der Waals surface area contributed by atoms with Crippen LogP contribution in [0.5, 0.6) is 0 Å². The second kappa shape index (κ2) is 9.02. The first kappa shape index (κ1) is 17.1. The highest BCUT2D eigenvalue weighted by Crippen LogP contribution is 2.30. The van der Waals surface area contributed by atoms with Crippen molar-refractivity contribution in [2.75, 3.05) is 12.3 Å². The molecule has 1 aliphatic carbocycles. The van der Waals surface area contributed by atoms with Crippen LogP contribution in [-0.2, 0) is 6.42 Å². The first-order chi connectivity index (χ1) is 10.2. The van der Waals surface area contributed by atoms with E-state index in [0.717, 1.165) is 29.5 Å². The Morgan fingerprint density at radius 2 is 2.14 bits per heavy atom. The molecule has 1 aromatic rings. The highest BCUT2D eigenvalue weighted by Gasteiger charge is 2.19. The number of rotatable bonds is 8. The predicted molar refractivity (Wildman–Crippen MR) is 91.9 cm³/mol. The van der Waals surface area contributed by atoms with Crippen LogP contribution in [0, 0.1) is 5.82 Å². The molecule has 0 bridgehead atoms. The summed E-state index contributed by atoms with van der Waals surface area (Å²) in [7, 11) is 0. The van der Waals surface area contributed by atoms with Crippen LogP contribution in [0.15, 0.2) is 18.2 Å². The van der Waals surface area contributed by atoms with E-state index in [1.807, 2.05) is 12.1 Å². The minimum atomic E-state index is -0.256. The van der Waals surface area contributed by atoms with Gasteiger partial charge in [0, 0.05) is 17.0 Å². The van der Waals surface area contributed by atoms with Gasteiger partial charge in [0.1, 0.15) is 5.82 Å². The Labute approximate surface area is 137 Å². The van der Waals surface area contributed by atoms with Crippen molar-refractivity contribution in [2.45, 2.75) is 56.7 Å². The summed E-state index contributed by atoms with van der Waals surface area (Å²) < 4.78 is 14.1. The van der Waals surface area contributed by atoms with Crippen molar-refractivity contribution in [1.82, 2.24) is 5.32 Å². The lowest BCUT2D eigenvalue weighted by Crippen LogP contribution is -2.34. The molecule has 21 heavy (non-hydrogen) atoms. The molecule has 1 N–H and O–H groups in total. The summed E-state index contributed by atoms with van der Waals surface area (Å²) in [5, 5.41) is 4.59. The summed E-state index contributed by atoms with van der Waals surface area (Å²) in [5.41, 5.74) is 0.725. The number of benzene rings is 1. The van der Waals surface area contributed by atoms with Crippen molar-refractivity contribution >= 4 is 23.4 Å². The van der Waals surface area contributed by atoms with Gasteiger partial charge in [-0.2, -0.15) is 11.8 Å². The molecular formula is C17H25ClFNS. The van der Waals surface area contributed by atoms with Crippen molar-refractivity contribution in [3.05, 3.63) is 34.6 Å². The minimum absolute atomic E-state index is 0.227. The second-order valence-electron chi connectivity index (χ2n) is 5.81. The summed E-state index contributed by atoms with van der Waals surface area (Å²) in [4.78, 5) is 0. The third-order valence-corrected chi connectivity index (χ3v) is 5.85. The fourth-order valence-electron chi connectivity index (χ4n) is 2.82. The standard InChI is InChI=1S/C17H25ClFNS/c1-2-10-20-14(12-21-15-7-3-4-8-15)11-13-6-5-9-16(18)17(13)19/h5-6,9,14-15,20H,2-4,7-8,10-12H2,1H3. The summed E-state index contributed by atoms with van der Waals surface area (Å²) in [6.07, 6.45) is 7.24. The Morgan fingerprint density at radius 1 is 1.38 bits per heavy atom. The molecule has 0 amide bonds. The normalized spacial score (nSPS) is 17.3. The van der Waals surface area contributed by atoms with Crippen molar-refractivity contribution in [2.24, 2.45) is 0 Å². The number of halogens is 2. The van der Waals surface area contributed by atoms with Crippen LogP contribution < -0.4 is 5.32 Å². The van der Waals surface area contributed by atoms with Crippen LogP contribution >= 0.6 is 23.4 Å². The van der Waals surface area contributed by atoms with Crippen LogP contribution in [0.1, 0.15) is 44.6 Å². The van der Waals surface area contributed by atoms with E-state index in [2.05, 4.69) is 24.0 Å². The summed E-state index contributed by atoms with van der Waals surface area (Å²) in [6, 6.07) is 5.62. The lowest BCUT2D eigenvalue weighted by molar-refractivity contribution is 0.530. The number of hydrogen-bond donors (Lipinski definition) is 1. The van der Waals surface area contributed by atoms with Gasteiger partial charge in [0.2, 0.25) is 0 Å². The first-order valence-electron chi connectivity index (χ1n) is 7.98. The van der Waals surface area contributed by atoms with Gasteiger partial charge in [0.15, 0.2) is 0 Å². The molecule has 118 valence electrons. The molecule has 2 rings (SSSR count). The molecule has 0 aromatic heterocycles. The van der Waals surface area contributed by atoms with Crippen molar-refractivity contribution in [1.29, 1.82) is 0 Å². The van der Waals surface area contributed by atoms with Crippen LogP contribution in [0.3, 0.4) is 0 Å². The van der Waals surface area contributed by atoms with Crippen molar-refractivity contribution in [3.63, 3.8) is 0 Å². The lowest BCUT2D eigenvalue weighted by Gasteiger charge is -2.20. The van der Waals surface area contributed by atoms with Gasteiger partial charge >= 0.3 is 0 Å². The largest absolute Gasteiger partial charge is 0.313 e. The predicted octanol–water partition coefficient (Wildman–Crippen LogP) is 5.07. The molecule has 1 aliphatic rings. The highest BCUT2D eigenvalue weighted by atomic mass is 35.5. The third-order valence-electron chi connectivity index (χ3n) is 4.02. The molecular weight excluding hydrogens is 305 g/mol. The first-order valence-corrected chi connectivity index (χ1v) is 9.41. The Bertz CT molecular complexity index is 435. The Morgan fingerprint density at radius 3 is 2.86 bits per heavy atom. The Hall–Kier alpha value is -0.250. The smallest absolute Gasteiger partial charge is 0.145 e. The van der Waals surface area contributed by atoms with Gasteiger partial charge in [-0.3, -0.25) is 0 Å². The molecule has 0 heterocycles. The van der Waals surface area contributed by atoms with Gasteiger partial charge < -0.3 is 5.32 Å². The monoisotopic (exact) mass is 329 g/mol. The van der Waals surface area contributed by atoms with E-state index in [0.29, 0.717) is 12.5 Å². The quantitative estimate of drug-likeness (QED) is 0.715. The number of thioether (sulfide) groups is 1. The van der Waals surface area contributed by atoms with Gasteiger partial charge in [0.05, 0.1) is 5.02 Å². The van der Waals surface area contributed by atoms with Gasteiger partial charge in [-0.15, -0.1) is 0 Å². The SMILES string of the molecule is CCCNC(CSC1CCCC1)Cc1cccc(Cl)c1F. The van der Waals surface area contributed by atoms with E-state index < -0.39 is 0 Å². The molecule has 1 atom stereocenters. The highest BCUT2D eigenvalue weighted by molar-refractivity contribution is 7.99. The van der Waals surface area contributed by atoms with E-state index in [9.17, 15) is 4.39 Å². The molecule has 1 fully saturated rings. The maximum Gasteiger partial charge on any atom is 0.145 e. The van der Waals surface area contributed by atoms with E-state index in [4.69, 9.17) is 11.6 Å². The fourth-order valence-corrected chi connectivity index (χ4v) is 4.42. The lowest BCUT2D eigenvalue weighted by atomic mass is 10.1. The molecule has 1 aromatic carbocycles. The van der Waals surface area contributed by atoms with E-state index in [-0.39, 0.29) is 10.8 Å². The number of nitrogens with one attached hydrogen (secondary N) is 1. The maximum atomic E-state index is 14.1. The maximum absolute atomic E-state index is 14.1. The van der Waals surface area contributed by atoms with Crippen LogP contribution in [0.25, 0.3) is 0 Å². The summed E-state index contributed by atoms with van der Waals surface area (Å²) >= 11 is 7.94. The Kier molecular flexibility index (Phi) is 7.35. The summed E-state index contributed by atoms with van der Waals surface area (Å²) in [6.45, 7) is 3.15. The molecule has 1 unspecified atom stereocenters.